The van der Waals surface area contributed by atoms with Crippen LogP contribution in [-0.2, 0) is 0 Å². The van der Waals surface area contributed by atoms with E-state index in [2.05, 4.69) is 36.0 Å². The van der Waals surface area contributed by atoms with E-state index in [4.69, 9.17) is 5.73 Å². The second kappa shape index (κ2) is 6.45. The summed E-state index contributed by atoms with van der Waals surface area (Å²) in [7, 11) is 2.14. The van der Waals surface area contributed by atoms with Gasteiger partial charge in [-0.3, -0.25) is 9.69 Å². The molecule has 0 spiro atoms. The number of hydrogen-bond donors (Lipinski definition) is 2. The molecule has 0 atom stereocenters. The number of anilines is 1. The van der Waals surface area contributed by atoms with Crippen molar-refractivity contribution in [2.75, 3.05) is 45.5 Å². The average molecular weight is 290 g/mol. The van der Waals surface area contributed by atoms with E-state index in [1.807, 2.05) is 12.1 Å². The van der Waals surface area contributed by atoms with E-state index in [9.17, 15) is 4.79 Å². The second-order valence-electron chi connectivity index (χ2n) is 6.37. The van der Waals surface area contributed by atoms with Crippen molar-refractivity contribution in [3.8, 4) is 0 Å². The first-order chi connectivity index (χ1) is 9.90. The molecule has 21 heavy (non-hydrogen) atoms. The Morgan fingerprint density at radius 1 is 1.24 bits per heavy atom. The standard InChI is InChI=1S/C16H26N4O/c1-16(2,20-10-8-19(3)9-11-20)12-18-15(21)13-6-4-5-7-14(13)17/h4-7H,8-12,17H2,1-3H3,(H,18,21). The number of benzene rings is 1. The summed E-state index contributed by atoms with van der Waals surface area (Å²) in [5.41, 5.74) is 6.86. The van der Waals surface area contributed by atoms with Gasteiger partial charge in [-0.2, -0.15) is 0 Å². The normalized spacial score (nSPS) is 17.7. The fraction of sp³-hybridized carbons (Fsp3) is 0.562. The third kappa shape index (κ3) is 3.95. The van der Waals surface area contributed by atoms with Gasteiger partial charge in [0.15, 0.2) is 0 Å². The van der Waals surface area contributed by atoms with Gasteiger partial charge in [0.1, 0.15) is 0 Å². The molecule has 1 aromatic rings. The fourth-order valence-electron chi connectivity index (χ4n) is 2.62. The zero-order valence-corrected chi connectivity index (χ0v) is 13.2. The number of hydrogen-bond acceptors (Lipinski definition) is 4. The number of amides is 1. The maximum atomic E-state index is 12.2. The minimum absolute atomic E-state index is 0.0551. The van der Waals surface area contributed by atoms with E-state index >= 15 is 0 Å². The molecule has 5 heteroatoms. The first-order valence-electron chi connectivity index (χ1n) is 7.46. The maximum Gasteiger partial charge on any atom is 0.253 e. The van der Waals surface area contributed by atoms with Crippen LogP contribution in [0.15, 0.2) is 24.3 Å². The summed E-state index contributed by atoms with van der Waals surface area (Å²) in [6, 6.07) is 7.17. The van der Waals surface area contributed by atoms with E-state index in [1.165, 1.54) is 0 Å². The van der Waals surface area contributed by atoms with Crippen LogP contribution in [-0.4, -0.2) is 61.0 Å². The molecule has 3 N–H and O–H groups in total. The van der Waals surface area contributed by atoms with Gasteiger partial charge in [-0.25, -0.2) is 0 Å². The highest BCUT2D eigenvalue weighted by atomic mass is 16.1. The summed E-state index contributed by atoms with van der Waals surface area (Å²) < 4.78 is 0. The number of carbonyl (C=O) groups is 1. The van der Waals surface area contributed by atoms with Crippen molar-refractivity contribution in [1.82, 2.24) is 15.1 Å². The number of rotatable bonds is 4. The predicted molar refractivity (Wildman–Crippen MR) is 86.3 cm³/mol. The number of piperazine rings is 1. The topological polar surface area (TPSA) is 61.6 Å². The highest BCUT2D eigenvalue weighted by molar-refractivity contribution is 5.99. The molecule has 0 radical (unpaired) electrons. The van der Waals surface area contributed by atoms with Crippen LogP contribution in [0.4, 0.5) is 5.69 Å². The molecular weight excluding hydrogens is 264 g/mol. The predicted octanol–water partition coefficient (Wildman–Crippen LogP) is 1.02. The van der Waals surface area contributed by atoms with Crippen LogP contribution >= 0.6 is 0 Å². The Hall–Kier alpha value is -1.59. The third-order valence-corrected chi connectivity index (χ3v) is 4.25. The van der Waals surface area contributed by atoms with Gasteiger partial charge < -0.3 is 16.0 Å². The number of para-hydroxylation sites is 1. The van der Waals surface area contributed by atoms with Gasteiger partial charge in [0.25, 0.3) is 5.91 Å². The zero-order valence-electron chi connectivity index (χ0n) is 13.2. The smallest absolute Gasteiger partial charge is 0.253 e. The molecule has 0 bridgehead atoms. The van der Waals surface area contributed by atoms with Gasteiger partial charge in [-0.1, -0.05) is 12.1 Å². The van der Waals surface area contributed by atoms with E-state index in [-0.39, 0.29) is 11.4 Å². The number of likely N-dealkylation sites (N-methyl/N-ethyl adjacent to an activating group) is 1. The van der Waals surface area contributed by atoms with Crippen LogP contribution in [0.1, 0.15) is 24.2 Å². The molecule has 1 aliphatic rings. The van der Waals surface area contributed by atoms with Crippen LogP contribution in [0.25, 0.3) is 0 Å². The maximum absolute atomic E-state index is 12.2. The number of nitrogens with one attached hydrogen (secondary N) is 1. The molecule has 2 rings (SSSR count). The third-order valence-electron chi connectivity index (χ3n) is 4.25. The summed E-state index contributed by atoms with van der Waals surface area (Å²) in [6.45, 7) is 9.18. The summed E-state index contributed by atoms with van der Waals surface area (Å²) in [6.07, 6.45) is 0. The lowest BCUT2D eigenvalue weighted by atomic mass is 10.0. The number of carbonyl (C=O) groups excluding carboxylic acids is 1. The summed E-state index contributed by atoms with van der Waals surface area (Å²) in [5, 5.41) is 3.01. The lowest BCUT2D eigenvalue weighted by Gasteiger charge is -2.43. The van der Waals surface area contributed by atoms with E-state index in [1.54, 1.807) is 12.1 Å². The quantitative estimate of drug-likeness (QED) is 0.813. The number of nitrogens with zero attached hydrogens (tertiary/aromatic N) is 2. The van der Waals surface area contributed by atoms with Crippen molar-refractivity contribution < 1.29 is 4.79 Å². The van der Waals surface area contributed by atoms with Crippen molar-refractivity contribution in [3.63, 3.8) is 0 Å². The Kier molecular flexibility index (Phi) is 4.85. The minimum atomic E-state index is -0.102. The number of nitrogens with two attached hydrogens (primary N) is 1. The Bertz CT molecular complexity index is 493. The molecule has 1 amide bonds. The largest absolute Gasteiger partial charge is 0.398 e. The van der Waals surface area contributed by atoms with Crippen LogP contribution in [0, 0.1) is 0 Å². The monoisotopic (exact) mass is 290 g/mol. The molecule has 1 fully saturated rings. The summed E-state index contributed by atoms with van der Waals surface area (Å²) >= 11 is 0. The molecular formula is C16H26N4O. The van der Waals surface area contributed by atoms with Gasteiger partial charge in [0.05, 0.1) is 5.56 Å². The molecule has 0 aromatic heterocycles. The van der Waals surface area contributed by atoms with Crippen molar-refractivity contribution >= 4 is 11.6 Å². The molecule has 0 unspecified atom stereocenters. The van der Waals surface area contributed by atoms with Crippen LogP contribution in [0.3, 0.4) is 0 Å². The van der Waals surface area contributed by atoms with Gasteiger partial charge in [-0.15, -0.1) is 0 Å². The van der Waals surface area contributed by atoms with Crippen LogP contribution in [0.2, 0.25) is 0 Å². The van der Waals surface area contributed by atoms with E-state index < -0.39 is 0 Å². The van der Waals surface area contributed by atoms with Crippen molar-refractivity contribution in [2.45, 2.75) is 19.4 Å². The minimum Gasteiger partial charge on any atom is -0.398 e. The Labute approximate surface area is 127 Å². The van der Waals surface area contributed by atoms with Crippen molar-refractivity contribution in [1.29, 1.82) is 0 Å². The van der Waals surface area contributed by atoms with E-state index in [0.717, 1.165) is 26.2 Å². The van der Waals surface area contributed by atoms with Gasteiger partial charge in [-0.05, 0) is 33.0 Å². The molecule has 1 heterocycles. The number of nitrogen functional groups attached to an aromatic ring is 1. The fourth-order valence-corrected chi connectivity index (χ4v) is 2.62. The molecule has 1 aromatic carbocycles. The van der Waals surface area contributed by atoms with Crippen molar-refractivity contribution in [2.24, 2.45) is 0 Å². The van der Waals surface area contributed by atoms with Crippen LogP contribution < -0.4 is 11.1 Å². The SMILES string of the molecule is CN1CCN(C(C)(C)CNC(=O)c2ccccc2N)CC1. The lowest BCUT2D eigenvalue weighted by molar-refractivity contribution is 0.0588. The molecule has 1 saturated heterocycles. The highest BCUT2D eigenvalue weighted by Crippen LogP contribution is 2.16. The molecule has 0 saturated carbocycles. The Morgan fingerprint density at radius 3 is 2.48 bits per heavy atom. The van der Waals surface area contributed by atoms with Gasteiger partial charge >= 0.3 is 0 Å². The van der Waals surface area contributed by atoms with Crippen LogP contribution in [0.5, 0.6) is 0 Å². The first kappa shape index (κ1) is 15.8. The summed E-state index contributed by atoms with van der Waals surface area (Å²) in [5.74, 6) is -0.102. The average Bonchev–Trinajstić information content (AvgIpc) is 2.46. The molecule has 0 aliphatic carbocycles. The van der Waals surface area contributed by atoms with Gasteiger partial charge in [0.2, 0.25) is 0 Å². The van der Waals surface area contributed by atoms with E-state index in [0.29, 0.717) is 17.8 Å². The second-order valence-corrected chi connectivity index (χ2v) is 6.37. The zero-order chi connectivity index (χ0) is 15.5. The molecule has 5 nitrogen and oxygen atoms in total. The first-order valence-corrected chi connectivity index (χ1v) is 7.46. The Morgan fingerprint density at radius 2 is 1.86 bits per heavy atom. The summed E-state index contributed by atoms with van der Waals surface area (Å²) in [4.78, 5) is 17.0. The molecule has 116 valence electrons. The highest BCUT2D eigenvalue weighted by Gasteiger charge is 2.29. The van der Waals surface area contributed by atoms with Crippen molar-refractivity contribution in [3.05, 3.63) is 29.8 Å². The van der Waals surface area contributed by atoms with Gasteiger partial charge in [0, 0.05) is 44.0 Å². The molecule has 1 aliphatic heterocycles. The lowest BCUT2D eigenvalue weighted by Crippen LogP contribution is -2.57. The Balaban J connectivity index is 1.92.